The molecule has 6 nitrogen and oxygen atoms in total. The molecule has 0 radical (unpaired) electrons. The minimum atomic E-state index is -0.681. The van der Waals surface area contributed by atoms with Crippen molar-refractivity contribution in [2.75, 3.05) is 13.7 Å². The van der Waals surface area contributed by atoms with Crippen LogP contribution in [-0.4, -0.2) is 42.5 Å². The van der Waals surface area contributed by atoms with E-state index in [1.807, 2.05) is 85.8 Å². The summed E-state index contributed by atoms with van der Waals surface area (Å²) in [7, 11) is 1.62. The molecule has 2 amide bonds. The predicted octanol–water partition coefficient (Wildman–Crippen LogP) is 5.47. The van der Waals surface area contributed by atoms with E-state index in [1.54, 1.807) is 12.0 Å². The molecule has 0 saturated heterocycles. The lowest BCUT2D eigenvalue weighted by atomic mass is 9.94. The maximum absolute atomic E-state index is 13.8. The molecule has 1 N–H and O–H groups in total. The lowest BCUT2D eigenvalue weighted by Gasteiger charge is -2.33. The van der Waals surface area contributed by atoms with Crippen molar-refractivity contribution < 1.29 is 19.1 Å². The molecule has 200 valence electrons. The van der Waals surface area contributed by atoms with E-state index in [9.17, 15) is 9.59 Å². The number of methoxy groups -OCH3 is 1. The molecule has 1 aliphatic rings. The van der Waals surface area contributed by atoms with Crippen LogP contribution in [-0.2, 0) is 22.6 Å². The van der Waals surface area contributed by atoms with Crippen LogP contribution in [0.15, 0.2) is 78.9 Å². The highest BCUT2D eigenvalue weighted by Gasteiger charge is 2.32. The Bertz CT molecular complexity index is 1170. The largest absolute Gasteiger partial charge is 0.497 e. The van der Waals surface area contributed by atoms with Crippen molar-refractivity contribution in [2.24, 2.45) is 0 Å². The highest BCUT2D eigenvalue weighted by molar-refractivity contribution is 5.88. The minimum Gasteiger partial charge on any atom is -0.497 e. The summed E-state index contributed by atoms with van der Waals surface area (Å²) in [5, 5.41) is 3.26. The molecule has 1 fully saturated rings. The molecule has 0 spiro atoms. The fraction of sp³-hybridized carbons (Fsp3) is 0.375. The molecule has 0 unspecified atom stereocenters. The van der Waals surface area contributed by atoms with Gasteiger partial charge in [-0.15, -0.1) is 0 Å². The topological polar surface area (TPSA) is 67.9 Å². The van der Waals surface area contributed by atoms with Gasteiger partial charge in [0.2, 0.25) is 5.91 Å². The summed E-state index contributed by atoms with van der Waals surface area (Å²) in [6.45, 7) is 2.11. The number of hydrogen-bond acceptors (Lipinski definition) is 4. The third kappa shape index (κ3) is 7.85. The molecule has 38 heavy (non-hydrogen) atoms. The average Bonchev–Trinajstić information content (AvgIpc) is 2.95. The fourth-order valence-corrected chi connectivity index (χ4v) is 4.93. The van der Waals surface area contributed by atoms with E-state index < -0.39 is 6.04 Å². The average molecular weight is 515 g/mol. The Kier molecular flexibility index (Phi) is 9.79. The molecular weight excluding hydrogens is 476 g/mol. The number of benzene rings is 3. The summed E-state index contributed by atoms with van der Waals surface area (Å²) in [6.07, 6.45) is 5.81. The van der Waals surface area contributed by atoms with Crippen LogP contribution in [0.3, 0.4) is 0 Å². The number of aryl methyl sites for hydroxylation is 1. The number of nitrogens with zero attached hydrogens (tertiary/aromatic N) is 1. The molecule has 1 saturated carbocycles. The predicted molar refractivity (Wildman–Crippen MR) is 149 cm³/mol. The standard InChI is InChI=1S/C32H38N2O4/c1-24-16-18-28(19-17-24)38-23-31(35)34(22-26-12-9-15-29(20-26)37-2)30(21-25-10-5-3-6-11-25)32(36)33-27-13-7-4-8-14-27/h3,5-6,9-12,15-20,27,30H,4,7-8,13-14,21-23H2,1-2H3,(H,33,36)/t30-/m1/s1. The normalized spacial score (nSPS) is 14.4. The van der Waals surface area contributed by atoms with Gasteiger partial charge in [-0.2, -0.15) is 0 Å². The number of carbonyl (C=O) groups excluding carboxylic acids is 2. The maximum Gasteiger partial charge on any atom is 0.261 e. The van der Waals surface area contributed by atoms with Gasteiger partial charge in [0.15, 0.2) is 6.61 Å². The zero-order valence-corrected chi connectivity index (χ0v) is 22.4. The molecule has 1 atom stereocenters. The first-order valence-corrected chi connectivity index (χ1v) is 13.5. The van der Waals surface area contributed by atoms with Crippen LogP contribution in [0, 0.1) is 6.92 Å². The molecule has 0 aliphatic heterocycles. The molecular formula is C32H38N2O4. The molecule has 0 bridgehead atoms. The second-order valence-corrected chi connectivity index (χ2v) is 10.0. The number of amides is 2. The van der Waals surface area contributed by atoms with Crippen molar-refractivity contribution in [1.29, 1.82) is 0 Å². The van der Waals surface area contributed by atoms with Crippen LogP contribution in [0.2, 0.25) is 0 Å². The zero-order chi connectivity index (χ0) is 26.7. The van der Waals surface area contributed by atoms with Gasteiger partial charge in [0.25, 0.3) is 5.91 Å². The van der Waals surface area contributed by atoms with Gasteiger partial charge in [0, 0.05) is 19.0 Å². The van der Waals surface area contributed by atoms with Gasteiger partial charge in [-0.3, -0.25) is 9.59 Å². The molecule has 4 rings (SSSR count). The van der Waals surface area contributed by atoms with Crippen LogP contribution >= 0.6 is 0 Å². The Hall–Kier alpha value is -3.80. The molecule has 1 aliphatic carbocycles. The van der Waals surface area contributed by atoms with Crippen LogP contribution < -0.4 is 14.8 Å². The summed E-state index contributed by atoms with van der Waals surface area (Å²) in [4.78, 5) is 29.2. The number of hydrogen-bond donors (Lipinski definition) is 1. The van der Waals surface area contributed by atoms with Crippen molar-refractivity contribution in [3.63, 3.8) is 0 Å². The van der Waals surface area contributed by atoms with Gasteiger partial charge in [-0.1, -0.05) is 79.4 Å². The van der Waals surface area contributed by atoms with Gasteiger partial charge < -0.3 is 19.7 Å². The molecule has 3 aromatic rings. The van der Waals surface area contributed by atoms with Crippen molar-refractivity contribution >= 4 is 11.8 Å². The van der Waals surface area contributed by atoms with E-state index in [4.69, 9.17) is 9.47 Å². The Morgan fingerprint density at radius 1 is 0.895 bits per heavy atom. The quantitative estimate of drug-likeness (QED) is 0.368. The first kappa shape index (κ1) is 27.2. The van der Waals surface area contributed by atoms with Gasteiger partial charge in [-0.25, -0.2) is 0 Å². The zero-order valence-electron chi connectivity index (χ0n) is 22.4. The highest BCUT2D eigenvalue weighted by Crippen LogP contribution is 2.21. The second kappa shape index (κ2) is 13.7. The molecule has 0 heterocycles. The summed E-state index contributed by atoms with van der Waals surface area (Å²) in [5.41, 5.74) is 3.00. The SMILES string of the molecule is COc1cccc(CN(C(=O)COc2ccc(C)cc2)[C@H](Cc2ccccc2)C(=O)NC2CCCCC2)c1. The third-order valence-corrected chi connectivity index (χ3v) is 7.09. The Morgan fingerprint density at radius 3 is 2.32 bits per heavy atom. The van der Waals surface area contributed by atoms with E-state index in [0.29, 0.717) is 17.9 Å². The Morgan fingerprint density at radius 2 is 1.61 bits per heavy atom. The Balaban J connectivity index is 1.61. The minimum absolute atomic E-state index is 0.118. The van der Waals surface area contributed by atoms with E-state index in [2.05, 4.69) is 5.32 Å². The molecule has 3 aromatic carbocycles. The number of carbonyl (C=O) groups is 2. The lowest BCUT2D eigenvalue weighted by Crippen LogP contribution is -2.53. The van der Waals surface area contributed by atoms with Crippen LogP contribution in [0.5, 0.6) is 11.5 Å². The lowest BCUT2D eigenvalue weighted by molar-refractivity contribution is -0.143. The monoisotopic (exact) mass is 514 g/mol. The van der Waals surface area contributed by atoms with Gasteiger partial charge in [0.05, 0.1) is 7.11 Å². The second-order valence-electron chi connectivity index (χ2n) is 10.0. The highest BCUT2D eigenvalue weighted by atomic mass is 16.5. The van der Waals surface area contributed by atoms with E-state index in [0.717, 1.165) is 42.4 Å². The van der Waals surface area contributed by atoms with Crippen molar-refractivity contribution in [1.82, 2.24) is 10.2 Å². The van der Waals surface area contributed by atoms with Crippen molar-refractivity contribution in [3.05, 3.63) is 95.6 Å². The Labute approximate surface area is 226 Å². The summed E-state index contributed by atoms with van der Waals surface area (Å²) in [6, 6.07) is 24.5. The molecule has 0 aromatic heterocycles. The summed E-state index contributed by atoms with van der Waals surface area (Å²) in [5.74, 6) is 0.967. The number of ether oxygens (including phenoxy) is 2. The van der Waals surface area contributed by atoms with E-state index in [-0.39, 0.29) is 31.0 Å². The van der Waals surface area contributed by atoms with Crippen LogP contribution in [0.25, 0.3) is 0 Å². The van der Waals surface area contributed by atoms with Gasteiger partial charge >= 0.3 is 0 Å². The fourth-order valence-electron chi connectivity index (χ4n) is 4.93. The van der Waals surface area contributed by atoms with Gasteiger partial charge in [0.1, 0.15) is 17.5 Å². The summed E-state index contributed by atoms with van der Waals surface area (Å²) >= 11 is 0. The van der Waals surface area contributed by atoms with E-state index in [1.165, 1.54) is 6.42 Å². The van der Waals surface area contributed by atoms with Crippen LogP contribution in [0.1, 0.15) is 48.8 Å². The van der Waals surface area contributed by atoms with Crippen LogP contribution in [0.4, 0.5) is 0 Å². The van der Waals surface area contributed by atoms with Gasteiger partial charge in [-0.05, 0) is 55.2 Å². The van der Waals surface area contributed by atoms with E-state index >= 15 is 0 Å². The first-order chi connectivity index (χ1) is 18.5. The summed E-state index contributed by atoms with van der Waals surface area (Å²) < 4.78 is 11.3. The molecule has 6 heteroatoms. The van der Waals surface area contributed by atoms with Crippen molar-refractivity contribution in [3.8, 4) is 11.5 Å². The first-order valence-electron chi connectivity index (χ1n) is 13.5. The maximum atomic E-state index is 13.8. The number of nitrogens with one attached hydrogen (secondary N) is 1. The smallest absolute Gasteiger partial charge is 0.261 e. The van der Waals surface area contributed by atoms with Crippen molar-refractivity contribution in [2.45, 2.75) is 64.1 Å². The third-order valence-electron chi connectivity index (χ3n) is 7.09. The number of rotatable bonds is 11.